The molecule has 0 fully saturated rings. The molecule has 0 radical (unpaired) electrons. The average Bonchev–Trinajstić information content (AvgIpc) is 2.78. The van der Waals surface area contributed by atoms with Crippen molar-refractivity contribution in [3.63, 3.8) is 0 Å². The van der Waals surface area contributed by atoms with Crippen LogP contribution in [0, 0.1) is 0 Å². The van der Waals surface area contributed by atoms with E-state index in [1.54, 1.807) is 24.3 Å². The summed E-state index contributed by atoms with van der Waals surface area (Å²) in [5.41, 5.74) is 1.65. The van der Waals surface area contributed by atoms with Gasteiger partial charge in [0.05, 0.1) is 0 Å². The van der Waals surface area contributed by atoms with Crippen molar-refractivity contribution in [2.75, 3.05) is 17.2 Å². The summed E-state index contributed by atoms with van der Waals surface area (Å²) in [5, 5.41) is 7.42. The van der Waals surface area contributed by atoms with E-state index >= 15 is 0 Å². The molecule has 2 amide bonds. The molecule has 0 aromatic heterocycles. The number of Topliss-reactive ketones (excluding diaryl/α,β-unsaturated/α-hetero) is 1. The van der Waals surface area contributed by atoms with Crippen molar-refractivity contribution in [1.82, 2.24) is 0 Å². The first-order valence-corrected chi connectivity index (χ1v) is 10.3. The smallest absolute Gasteiger partial charge is 0.306 e. The van der Waals surface area contributed by atoms with Gasteiger partial charge in [0.25, 0.3) is 5.91 Å². The predicted molar refractivity (Wildman–Crippen MR) is 122 cm³/mol. The zero-order chi connectivity index (χ0) is 22.9. The summed E-state index contributed by atoms with van der Waals surface area (Å²) >= 11 is 0. The van der Waals surface area contributed by atoms with Crippen molar-refractivity contribution in [2.24, 2.45) is 0 Å². The van der Waals surface area contributed by atoms with Crippen molar-refractivity contribution < 1.29 is 23.9 Å². The number of ketones is 1. The Labute approximate surface area is 185 Å². The third-order valence-electron chi connectivity index (χ3n) is 4.77. The summed E-state index contributed by atoms with van der Waals surface area (Å²) in [6.45, 7) is 0.996. The minimum Gasteiger partial charge on any atom is -0.456 e. The summed E-state index contributed by atoms with van der Waals surface area (Å²) in [4.78, 5) is 47.5. The quantitative estimate of drug-likeness (QED) is 0.387. The molecule has 0 saturated heterocycles. The van der Waals surface area contributed by atoms with Crippen LogP contribution in [0.3, 0.4) is 0 Å². The lowest BCUT2D eigenvalue weighted by Crippen LogP contribution is -2.21. The maximum absolute atomic E-state index is 12.2. The van der Waals surface area contributed by atoms with E-state index < -0.39 is 18.5 Å². The molecular formula is C25H24N2O5. The fourth-order valence-electron chi connectivity index (χ4n) is 3.17. The number of carbonyl (C=O) groups is 4. The molecule has 3 aromatic carbocycles. The summed E-state index contributed by atoms with van der Waals surface area (Å²) < 4.78 is 4.96. The average molecular weight is 432 g/mol. The number of carbonyl (C=O) groups excluding carboxylic acids is 4. The van der Waals surface area contributed by atoms with Crippen LogP contribution in [-0.4, -0.2) is 30.2 Å². The number of fused-ring (bicyclic) bond motifs is 1. The van der Waals surface area contributed by atoms with E-state index in [1.165, 1.54) is 6.92 Å². The van der Waals surface area contributed by atoms with E-state index in [0.717, 1.165) is 16.5 Å². The van der Waals surface area contributed by atoms with Gasteiger partial charge in [-0.05, 0) is 36.9 Å². The van der Waals surface area contributed by atoms with E-state index in [1.807, 2.05) is 42.5 Å². The molecule has 2 N–H and O–H groups in total. The number of hydrogen-bond acceptors (Lipinski definition) is 5. The molecule has 7 nitrogen and oxygen atoms in total. The summed E-state index contributed by atoms with van der Waals surface area (Å²) in [5.74, 6) is -1.38. The minimum absolute atomic E-state index is 0.0239. The number of amides is 2. The van der Waals surface area contributed by atoms with Crippen LogP contribution in [0.15, 0.2) is 66.7 Å². The predicted octanol–water partition coefficient (Wildman–Crippen LogP) is 4.33. The van der Waals surface area contributed by atoms with Crippen LogP contribution in [0.25, 0.3) is 10.8 Å². The molecule has 3 rings (SSSR count). The van der Waals surface area contributed by atoms with Crippen molar-refractivity contribution >= 4 is 45.7 Å². The van der Waals surface area contributed by atoms with Gasteiger partial charge in [-0.3, -0.25) is 19.2 Å². The molecule has 0 heterocycles. The highest BCUT2D eigenvalue weighted by Crippen LogP contribution is 2.23. The second-order valence-corrected chi connectivity index (χ2v) is 7.27. The van der Waals surface area contributed by atoms with Crippen LogP contribution in [0.2, 0.25) is 0 Å². The van der Waals surface area contributed by atoms with Gasteiger partial charge in [-0.2, -0.15) is 0 Å². The molecule has 7 heteroatoms. The number of ether oxygens (including phenoxy) is 1. The molecule has 0 atom stereocenters. The van der Waals surface area contributed by atoms with E-state index in [9.17, 15) is 19.2 Å². The first-order chi connectivity index (χ1) is 15.4. The Hall–Kier alpha value is -4.00. The van der Waals surface area contributed by atoms with Crippen molar-refractivity contribution in [2.45, 2.75) is 26.2 Å². The summed E-state index contributed by atoms with van der Waals surface area (Å²) in [7, 11) is 0. The van der Waals surface area contributed by atoms with Gasteiger partial charge in [-0.25, -0.2) is 0 Å². The summed E-state index contributed by atoms with van der Waals surface area (Å²) in [6.07, 6.45) is 0.482. The van der Waals surface area contributed by atoms with Crippen molar-refractivity contribution in [3.8, 4) is 0 Å². The molecule has 0 spiro atoms. The van der Waals surface area contributed by atoms with E-state index in [-0.39, 0.29) is 24.5 Å². The Balaban J connectivity index is 1.38. The monoisotopic (exact) mass is 432 g/mol. The second-order valence-electron chi connectivity index (χ2n) is 7.27. The van der Waals surface area contributed by atoms with Crippen LogP contribution in [0.4, 0.5) is 11.4 Å². The lowest BCUT2D eigenvalue weighted by atomic mass is 10.1. The Morgan fingerprint density at radius 1 is 0.812 bits per heavy atom. The minimum atomic E-state index is -0.560. The van der Waals surface area contributed by atoms with Crippen LogP contribution in [0.1, 0.15) is 36.5 Å². The Morgan fingerprint density at radius 3 is 2.38 bits per heavy atom. The molecule has 164 valence electrons. The molecule has 0 aliphatic heterocycles. The molecular weight excluding hydrogens is 408 g/mol. The van der Waals surface area contributed by atoms with Crippen molar-refractivity contribution in [1.29, 1.82) is 0 Å². The Bertz CT molecular complexity index is 1150. The van der Waals surface area contributed by atoms with Gasteiger partial charge >= 0.3 is 5.97 Å². The topological polar surface area (TPSA) is 102 Å². The van der Waals surface area contributed by atoms with E-state index in [0.29, 0.717) is 17.7 Å². The highest BCUT2D eigenvalue weighted by atomic mass is 16.5. The molecule has 0 unspecified atom stereocenters. The highest BCUT2D eigenvalue weighted by Gasteiger charge is 2.11. The molecule has 3 aromatic rings. The third-order valence-corrected chi connectivity index (χ3v) is 4.77. The third kappa shape index (κ3) is 6.50. The van der Waals surface area contributed by atoms with Crippen molar-refractivity contribution in [3.05, 3.63) is 72.3 Å². The van der Waals surface area contributed by atoms with E-state index in [2.05, 4.69) is 10.6 Å². The number of hydrogen-bond donors (Lipinski definition) is 2. The molecule has 32 heavy (non-hydrogen) atoms. The van der Waals surface area contributed by atoms with Gasteiger partial charge in [0.15, 0.2) is 12.4 Å². The first kappa shape index (κ1) is 22.7. The lowest BCUT2D eigenvalue weighted by Gasteiger charge is -2.09. The Kier molecular flexibility index (Phi) is 7.70. The zero-order valence-corrected chi connectivity index (χ0v) is 17.7. The van der Waals surface area contributed by atoms with Gasteiger partial charge < -0.3 is 15.4 Å². The first-order valence-electron chi connectivity index (χ1n) is 10.3. The van der Waals surface area contributed by atoms with Gasteiger partial charge in [0, 0.05) is 35.2 Å². The SMILES string of the molecule is CC(=O)c1cccc(NC(=O)COC(=O)CCCC(=O)Nc2cccc3ccccc23)c1. The number of nitrogens with one attached hydrogen (secondary N) is 2. The Morgan fingerprint density at radius 2 is 1.56 bits per heavy atom. The number of rotatable bonds is 9. The largest absolute Gasteiger partial charge is 0.456 e. The van der Waals surface area contributed by atoms with Crippen LogP contribution < -0.4 is 10.6 Å². The van der Waals surface area contributed by atoms with Gasteiger partial charge in [0.2, 0.25) is 5.91 Å². The highest BCUT2D eigenvalue weighted by molar-refractivity contribution is 6.02. The maximum Gasteiger partial charge on any atom is 0.306 e. The number of esters is 1. The fraction of sp³-hybridized carbons (Fsp3) is 0.200. The van der Waals surface area contributed by atoms with Crippen LogP contribution in [0.5, 0.6) is 0 Å². The van der Waals surface area contributed by atoms with Crippen LogP contribution in [-0.2, 0) is 19.1 Å². The van der Waals surface area contributed by atoms with Gasteiger partial charge in [0.1, 0.15) is 0 Å². The molecule has 0 saturated carbocycles. The number of benzene rings is 3. The zero-order valence-electron chi connectivity index (χ0n) is 17.7. The molecule has 0 aliphatic rings. The maximum atomic E-state index is 12.2. The fourth-order valence-corrected chi connectivity index (χ4v) is 3.17. The standard InChI is InChI=1S/C25H24N2O5/c1-17(28)19-9-4-10-20(15-19)26-24(30)16-32-25(31)14-6-13-23(29)27-22-12-5-8-18-7-2-3-11-21(18)22/h2-5,7-12,15H,6,13-14,16H2,1H3,(H,26,30)(H,27,29). The van der Waals surface area contributed by atoms with Gasteiger partial charge in [-0.15, -0.1) is 0 Å². The summed E-state index contributed by atoms with van der Waals surface area (Å²) in [6, 6.07) is 19.9. The molecule has 0 bridgehead atoms. The molecule has 0 aliphatic carbocycles. The number of anilines is 2. The normalized spacial score (nSPS) is 10.4. The van der Waals surface area contributed by atoms with E-state index in [4.69, 9.17) is 4.74 Å². The second kappa shape index (κ2) is 10.9. The van der Waals surface area contributed by atoms with Gasteiger partial charge in [-0.1, -0.05) is 48.5 Å². The van der Waals surface area contributed by atoms with Crippen LogP contribution >= 0.6 is 0 Å². The lowest BCUT2D eigenvalue weighted by molar-refractivity contribution is -0.147.